The first kappa shape index (κ1) is 9.98. The lowest BCUT2D eigenvalue weighted by atomic mass is 9.76. The highest BCUT2D eigenvalue weighted by atomic mass is 16.5. The van der Waals surface area contributed by atoms with Crippen molar-refractivity contribution < 1.29 is 10.0 Å². The van der Waals surface area contributed by atoms with E-state index in [0.29, 0.717) is 11.0 Å². The first-order valence-electron chi connectivity index (χ1n) is 5.01. The number of nitrogens with zero attached hydrogens (tertiary/aromatic N) is 1. The first-order chi connectivity index (χ1) is 7.18. The van der Waals surface area contributed by atoms with E-state index >= 15 is 0 Å². The summed E-state index contributed by atoms with van der Waals surface area (Å²) in [4.78, 5) is 10.7. The van der Waals surface area contributed by atoms with Gasteiger partial charge in [0.25, 0.3) is 0 Å². The van der Waals surface area contributed by atoms with E-state index in [2.05, 4.69) is 12.1 Å². The van der Waals surface area contributed by atoms with Crippen molar-refractivity contribution in [3.63, 3.8) is 0 Å². The summed E-state index contributed by atoms with van der Waals surface area (Å²) in [6, 6.07) is 9.20. The van der Waals surface area contributed by atoms with Crippen LogP contribution in [0, 0.1) is 0 Å². The van der Waals surface area contributed by atoms with Crippen molar-refractivity contribution in [2.24, 2.45) is 5.73 Å². The number of amides is 2. The highest BCUT2D eigenvalue weighted by Crippen LogP contribution is 2.38. The van der Waals surface area contributed by atoms with E-state index in [9.17, 15) is 10.0 Å². The molecule has 4 heteroatoms. The van der Waals surface area contributed by atoms with Gasteiger partial charge in [-0.1, -0.05) is 30.3 Å². The lowest BCUT2D eigenvalue weighted by molar-refractivity contribution is -0.102. The lowest BCUT2D eigenvalue weighted by Gasteiger charge is -2.39. The molecule has 1 aromatic carbocycles. The molecule has 1 saturated carbocycles. The Labute approximate surface area is 88.3 Å². The molecule has 1 aliphatic carbocycles. The molecule has 0 saturated heterocycles. The Hall–Kier alpha value is -1.55. The smallest absolute Gasteiger partial charge is 0.338 e. The monoisotopic (exact) mass is 206 g/mol. The molecule has 1 fully saturated rings. The van der Waals surface area contributed by atoms with E-state index in [-0.39, 0.29) is 6.04 Å². The van der Waals surface area contributed by atoms with Gasteiger partial charge in [-0.2, -0.15) is 0 Å². The van der Waals surface area contributed by atoms with Gasteiger partial charge in [-0.3, -0.25) is 5.21 Å². The number of benzene rings is 1. The molecule has 0 unspecified atom stereocenters. The van der Waals surface area contributed by atoms with Crippen LogP contribution < -0.4 is 5.73 Å². The average molecular weight is 206 g/mol. The molecule has 1 aliphatic rings. The average Bonchev–Trinajstić information content (AvgIpc) is 2.17. The molecule has 0 radical (unpaired) electrons. The predicted molar refractivity (Wildman–Crippen MR) is 55.4 cm³/mol. The SMILES string of the molecule is NC(=O)N(O)C1CC(c2ccccc2)C1. The second-order valence-corrected chi connectivity index (χ2v) is 3.92. The van der Waals surface area contributed by atoms with Gasteiger partial charge in [0.05, 0.1) is 6.04 Å². The fourth-order valence-electron chi connectivity index (χ4n) is 1.96. The van der Waals surface area contributed by atoms with Crippen LogP contribution in [0.25, 0.3) is 0 Å². The molecule has 1 aromatic rings. The number of hydrogen-bond acceptors (Lipinski definition) is 2. The minimum absolute atomic E-state index is 0.118. The van der Waals surface area contributed by atoms with Gasteiger partial charge in [-0.25, -0.2) is 9.86 Å². The summed E-state index contributed by atoms with van der Waals surface area (Å²) in [6.07, 6.45) is 1.56. The van der Waals surface area contributed by atoms with E-state index in [4.69, 9.17) is 5.73 Å². The minimum Gasteiger partial charge on any atom is -0.350 e. The molecule has 80 valence electrons. The Kier molecular flexibility index (Phi) is 2.60. The largest absolute Gasteiger partial charge is 0.350 e. The number of urea groups is 1. The Morgan fingerprint density at radius 3 is 2.47 bits per heavy atom. The summed E-state index contributed by atoms with van der Waals surface area (Å²) in [5.41, 5.74) is 6.22. The summed E-state index contributed by atoms with van der Waals surface area (Å²) in [5.74, 6) is 0.435. The van der Waals surface area contributed by atoms with Gasteiger partial charge >= 0.3 is 6.03 Å². The molecular formula is C11H14N2O2. The van der Waals surface area contributed by atoms with Crippen LogP contribution in [0.3, 0.4) is 0 Å². The zero-order valence-corrected chi connectivity index (χ0v) is 8.34. The zero-order valence-electron chi connectivity index (χ0n) is 8.34. The Morgan fingerprint density at radius 1 is 1.33 bits per heavy atom. The Bertz CT molecular complexity index is 347. The molecular weight excluding hydrogens is 192 g/mol. The molecule has 0 spiro atoms. The van der Waals surface area contributed by atoms with Gasteiger partial charge in [0.15, 0.2) is 0 Å². The maximum absolute atomic E-state index is 10.7. The fourth-order valence-corrected chi connectivity index (χ4v) is 1.96. The predicted octanol–water partition coefficient (Wildman–Crippen LogP) is 1.70. The van der Waals surface area contributed by atoms with Crippen LogP contribution in [-0.4, -0.2) is 22.3 Å². The standard InChI is InChI=1S/C11H14N2O2/c12-11(14)13(15)10-6-9(7-10)8-4-2-1-3-5-8/h1-5,9-10,15H,6-7H2,(H2,12,14). The van der Waals surface area contributed by atoms with Crippen molar-refractivity contribution in [3.05, 3.63) is 35.9 Å². The first-order valence-corrected chi connectivity index (χ1v) is 5.01. The van der Waals surface area contributed by atoms with Gasteiger partial charge in [-0.15, -0.1) is 0 Å². The van der Waals surface area contributed by atoms with Crippen LogP contribution in [0.1, 0.15) is 24.3 Å². The van der Waals surface area contributed by atoms with Crippen molar-refractivity contribution in [1.29, 1.82) is 0 Å². The quantitative estimate of drug-likeness (QED) is 0.571. The second kappa shape index (κ2) is 3.90. The number of hydroxylamine groups is 2. The number of primary amides is 1. The molecule has 0 atom stereocenters. The molecule has 2 amide bonds. The van der Waals surface area contributed by atoms with E-state index in [1.165, 1.54) is 5.56 Å². The maximum Gasteiger partial charge on any atom is 0.338 e. The third kappa shape index (κ3) is 1.94. The van der Waals surface area contributed by atoms with Crippen molar-refractivity contribution in [1.82, 2.24) is 5.06 Å². The number of nitrogens with two attached hydrogens (primary N) is 1. The molecule has 2 rings (SSSR count). The van der Waals surface area contributed by atoms with Crippen LogP contribution in [-0.2, 0) is 0 Å². The van der Waals surface area contributed by atoms with Crippen molar-refractivity contribution >= 4 is 6.03 Å². The number of rotatable bonds is 2. The Balaban J connectivity index is 1.91. The van der Waals surface area contributed by atoms with Gasteiger partial charge in [0.2, 0.25) is 0 Å². The van der Waals surface area contributed by atoms with E-state index in [1.54, 1.807) is 0 Å². The van der Waals surface area contributed by atoms with Crippen molar-refractivity contribution in [2.75, 3.05) is 0 Å². The fraction of sp³-hybridized carbons (Fsp3) is 0.364. The van der Waals surface area contributed by atoms with Crippen LogP contribution in [0.5, 0.6) is 0 Å². The summed E-state index contributed by atoms with van der Waals surface area (Å²) < 4.78 is 0. The van der Waals surface area contributed by atoms with E-state index in [1.807, 2.05) is 18.2 Å². The van der Waals surface area contributed by atoms with Crippen LogP contribution in [0.2, 0.25) is 0 Å². The van der Waals surface area contributed by atoms with Gasteiger partial charge in [0.1, 0.15) is 0 Å². The zero-order chi connectivity index (χ0) is 10.8. The van der Waals surface area contributed by atoms with Gasteiger partial charge in [-0.05, 0) is 24.3 Å². The number of hydrogen-bond donors (Lipinski definition) is 2. The molecule has 3 N–H and O–H groups in total. The van der Waals surface area contributed by atoms with Crippen molar-refractivity contribution in [2.45, 2.75) is 24.8 Å². The molecule has 0 aromatic heterocycles. The van der Waals surface area contributed by atoms with Crippen LogP contribution in [0.15, 0.2) is 30.3 Å². The maximum atomic E-state index is 10.7. The van der Waals surface area contributed by atoms with Crippen LogP contribution >= 0.6 is 0 Å². The number of carbonyl (C=O) groups is 1. The summed E-state index contributed by atoms with van der Waals surface area (Å²) in [6.45, 7) is 0. The lowest BCUT2D eigenvalue weighted by Crippen LogP contribution is -2.47. The molecule has 4 nitrogen and oxygen atoms in total. The minimum atomic E-state index is -0.772. The molecule has 0 heterocycles. The summed E-state index contributed by atoms with van der Waals surface area (Å²) in [7, 11) is 0. The van der Waals surface area contributed by atoms with E-state index in [0.717, 1.165) is 12.8 Å². The van der Waals surface area contributed by atoms with Gasteiger partial charge in [0, 0.05) is 0 Å². The number of carbonyl (C=O) groups excluding carboxylic acids is 1. The topological polar surface area (TPSA) is 66.6 Å². The molecule has 15 heavy (non-hydrogen) atoms. The normalized spacial score (nSPS) is 24.3. The Morgan fingerprint density at radius 2 is 1.93 bits per heavy atom. The highest BCUT2D eigenvalue weighted by Gasteiger charge is 2.35. The molecule has 0 aliphatic heterocycles. The third-order valence-corrected chi connectivity index (χ3v) is 2.96. The summed E-state index contributed by atoms with van der Waals surface area (Å²) >= 11 is 0. The molecule has 0 bridgehead atoms. The van der Waals surface area contributed by atoms with Crippen LogP contribution in [0.4, 0.5) is 4.79 Å². The van der Waals surface area contributed by atoms with Crippen molar-refractivity contribution in [3.8, 4) is 0 Å². The van der Waals surface area contributed by atoms with E-state index < -0.39 is 6.03 Å². The highest BCUT2D eigenvalue weighted by molar-refractivity contribution is 5.71. The second-order valence-electron chi connectivity index (χ2n) is 3.92. The third-order valence-electron chi connectivity index (χ3n) is 2.96. The summed E-state index contributed by atoms with van der Waals surface area (Å²) in [5, 5.41) is 9.91. The van der Waals surface area contributed by atoms with Gasteiger partial charge < -0.3 is 5.73 Å².